The molecule has 5 rings (SSSR count). The first-order chi connectivity index (χ1) is 19.0. The molecule has 0 amide bonds. The highest BCUT2D eigenvalue weighted by atomic mass is 16.5. The highest BCUT2D eigenvalue weighted by Crippen LogP contribution is 2.45. The molecular formula is C31H35N3O5. The molecule has 1 unspecified atom stereocenters. The number of carboxylic acids is 1. The highest BCUT2D eigenvalue weighted by molar-refractivity contribution is 6.02. The van der Waals surface area contributed by atoms with Crippen molar-refractivity contribution in [1.82, 2.24) is 9.97 Å². The number of carbonyl (C=O) groups excluding carboxylic acids is 1. The molecule has 8 heteroatoms. The normalized spacial score (nSPS) is 16.5. The average Bonchev–Trinajstić information content (AvgIpc) is 3.81. The van der Waals surface area contributed by atoms with E-state index >= 15 is 0 Å². The van der Waals surface area contributed by atoms with Crippen LogP contribution < -0.4 is 14.4 Å². The second-order valence-corrected chi connectivity index (χ2v) is 10.6. The molecule has 3 aromatic rings. The van der Waals surface area contributed by atoms with Crippen LogP contribution in [0.5, 0.6) is 11.5 Å². The second kappa shape index (κ2) is 12.3. The van der Waals surface area contributed by atoms with E-state index in [9.17, 15) is 14.7 Å². The molecule has 2 aromatic carbocycles. The molecule has 2 fully saturated rings. The van der Waals surface area contributed by atoms with Crippen LogP contribution in [0.25, 0.3) is 0 Å². The topological polar surface area (TPSA) is 102 Å². The lowest BCUT2D eigenvalue weighted by Crippen LogP contribution is -2.36. The maximum atomic E-state index is 13.2. The lowest BCUT2D eigenvalue weighted by molar-refractivity contribution is -0.137. The number of piperidine rings is 1. The average molecular weight is 530 g/mol. The van der Waals surface area contributed by atoms with Crippen molar-refractivity contribution < 1.29 is 24.2 Å². The summed E-state index contributed by atoms with van der Waals surface area (Å²) in [4.78, 5) is 34.9. The number of ether oxygens (including phenoxy) is 2. The molecule has 204 valence electrons. The Labute approximate surface area is 229 Å². The molecule has 1 atom stereocenters. The molecule has 1 aliphatic carbocycles. The number of aliphatic carboxylic acids is 1. The van der Waals surface area contributed by atoms with Crippen LogP contribution in [0.4, 0.5) is 5.69 Å². The summed E-state index contributed by atoms with van der Waals surface area (Å²) in [5.74, 6) is 1.73. The van der Waals surface area contributed by atoms with E-state index in [0.29, 0.717) is 24.0 Å². The summed E-state index contributed by atoms with van der Waals surface area (Å²) in [5, 5.41) is 9.35. The van der Waals surface area contributed by atoms with Gasteiger partial charge in [0.1, 0.15) is 17.8 Å². The quantitative estimate of drug-likeness (QED) is 0.321. The molecule has 2 heterocycles. The second-order valence-electron chi connectivity index (χ2n) is 10.6. The Hall–Kier alpha value is -3.94. The van der Waals surface area contributed by atoms with Gasteiger partial charge in [0.2, 0.25) is 0 Å². The lowest BCUT2D eigenvalue weighted by atomic mass is 9.91. The number of methoxy groups -OCH3 is 1. The van der Waals surface area contributed by atoms with Gasteiger partial charge in [-0.25, -0.2) is 9.97 Å². The van der Waals surface area contributed by atoms with Crippen molar-refractivity contribution in [3.63, 3.8) is 0 Å². The fourth-order valence-corrected chi connectivity index (χ4v) is 5.47. The number of nitrogens with zero attached hydrogens (tertiary/aromatic N) is 3. The Kier molecular flexibility index (Phi) is 8.39. The van der Waals surface area contributed by atoms with Gasteiger partial charge in [-0.1, -0.05) is 12.1 Å². The van der Waals surface area contributed by atoms with Crippen LogP contribution in [0, 0.1) is 11.8 Å². The zero-order valence-corrected chi connectivity index (χ0v) is 22.3. The number of Topliss-reactive ketones (excluding diaryl/α,β-unsaturated/α-hetero) is 1. The number of anilines is 1. The van der Waals surface area contributed by atoms with Crippen molar-refractivity contribution >= 4 is 17.4 Å². The van der Waals surface area contributed by atoms with Crippen molar-refractivity contribution in [3.8, 4) is 11.5 Å². The molecule has 8 nitrogen and oxygen atoms in total. The molecule has 1 saturated carbocycles. The van der Waals surface area contributed by atoms with Gasteiger partial charge in [-0.15, -0.1) is 0 Å². The predicted octanol–water partition coefficient (Wildman–Crippen LogP) is 5.17. The fourth-order valence-electron chi connectivity index (χ4n) is 5.47. The van der Waals surface area contributed by atoms with Gasteiger partial charge in [-0.05, 0) is 78.8 Å². The third-order valence-corrected chi connectivity index (χ3v) is 7.80. The minimum absolute atomic E-state index is 0.0280. The Morgan fingerprint density at radius 1 is 1.03 bits per heavy atom. The largest absolute Gasteiger partial charge is 0.497 e. The van der Waals surface area contributed by atoms with Gasteiger partial charge < -0.3 is 19.5 Å². The van der Waals surface area contributed by atoms with Gasteiger partial charge in [0.25, 0.3) is 0 Å². The van der Waals surface area contributed by atoms with Crippen molar-refractivity contribution in [2.45, 2.75) is 44.4 Å². The van der Waals surface area contributed by atoms with E-state index in [1.807, 2.05) is 42.5 Å². The molecule has 1 aromatic heterocycles. The predicted molar refractivity (Wildman–Crippen MR) is 148 cm³/mol. The van der Waals surface area contributed by atoms with Crippen LogP contribution in [0.3, 0.4) is 0 Å². The third kappa shape index (κ3) is 6.93. The third-order valence-electron chi connectivity index (χ3n) is 7.80. The molecule has 1 N–H and O–H groups in total. The van der Waals surface area contributed by atoms with Crippen LogP contribution in [-0.2, 0) is 11.2 Å². The first-order valence-electron chi connectivity index (χ1n) is 13.6. The SMILES string of the molecule is COc1ccc(C(=O)Cc2cncnc2)c(N2CCC(COc3cccc(C(CC(=O)O)C4CC4)c3)CC2)c1. The summed E-state index contributed by atoms with van der Waals surface area (Å²) in [6.07, 6.45) is 9.31. The molecule has 1 saturated heterocycles. The van der Waals surface area contributed by atoms with E-state index in [0.717, 1.165) is 67.1 Å². The van der Waals surface area contributed by atoms with Gasteiger partial charge in [-0.3, -0.25) is 9.59 Å². The van der Waals surface area contributed by atoms with Crippen molar-refractivity contribution in [2.24, 2.45) is 11.8 Å². The monoisotopic (exact) mass is 529 g/mol. The molecule has 0 bridgehead atoms. The molecule has 0 spiro atoms. The van der Waals surface area contributed by atoms with E-state index in [1.54, 1.807) is 19.5 Å². The molecule has 2 aliphatic rings. The number of rotatable bonds is 12. The highest BCUT2D eigenvalue weighted by Gasteiger charge is 2.34. The number of aromatic nitrogens is 2. The van der Waals surface area contributed by atoms with Crippen LogP contribution in [0.15, 0.2) is 61.2 Å². The minimum atomic E-state index is -0.750. The summed E-state index contributed by atoms with van der Waals surface area (Å²) in [6, 6.07) is 13.6. The molecule has 39 heavy (non-hydrogen) atoms. The van der Waals surface area contributed by atoms with Crippen LogP contribution >= 0.6 is 0 Å². The number of carbonyl (C=O) groups is 2. The van der Waals surface area contributed by atoms with Gasteiger partial charge in [0.15, 0.2) is 5.78 Å². The van der Waals surface area contributed by atoms with Crippen LogP contribution in [-0.4, -0.2) is 53.6 Å². The summed E-state index contributed by atoms with van der Waals surface area (Å²) < 4.78 is 11.7. The zero-order valence-electron chi connectivity index (χ0n) is 22.3. The number of hydrogen-bond acceptors (Lipinski definition) is 7. The molecule has 1 aliphatic heterocycles. The van der Waals surface area contributed by atoms with Crippen LogP contribution in [0.2, 0.25) is 0 Å². The van der Waals surface area contributed by atoms with Gasteiger partial charge in [0, 0.05) is 43.5 Å². The van der Waals surface area contributed by atoms with E-state index < -0.39 is 5.97 Å². The number of benzene rings is 2. The van der Waals surface area contributed by atoms with Crippen molar-refractivity contribution in [1.29, 1.82) is 0 Å². The summed E-state index contributed by atoms with van der Waals surface area (Å²) >= 11 is 0. The van der Waals surface area contributed by atoms with E-state index in [2.05, 4.69) is 14.9 Å². The summed E-state index contributed by atoms with van der Waals surface area (Å²) in [7, 11) is 1.63. The summed E-state index contributed by atoms with van der Waals surface area (Å²) in [5.41, 5.74) is 3.42. The maximum absolute atomic E-state index is 13.2. The first-order valence-corrected chi connectivity index (χ1v) is 13.6. The summed E-state index contributed by atoms with van der Waals surface area (Å²) in [6.45, 7) is 2.25. The minimum Gasteiger partial charge on any atom is -0.497 e. The van der Waals surface area contributed by atoms with Gasteiger partial charge in [-0.2, -0.15) is 0 Å². The zero-order chi connectivity index (χ0) is 27.2. The number of hydrogen-bond donors (Lipinski definition) is 1. The Morgan fingerprint density at radius 2 is 1.79 bits per heavy atom. The first kappa shape index (κ1) is 26.7. The van der Waals surface area contributed by atoms with Crippen molar-refractivity contribution in [2.75, 3.05) is 31.7 Å². The molecular weight excluding hydrogens is 494 g/mol. The Balaban J connectivity index is 1.20. The van der Waals surface area contributed by atoms with Crippen molar-refractivity contribution in [3.05, 3.63) is 77.9 Å². The van der Waals surface area contributed by atoms with Crippen LogP contribution in [0.1, 0.15) is 59.5 Å². The Morgan fingerprint density at radius 3 is 2.49 bits per heavy atom. The standard InChI is InChI=1S/C31H35N3O5/c1-38-25-7-8-27(30(35)13-22-17-32-20-33-18-22)29(15-25)34-11-9-21(10-12-34)19-39-26-4-2-3-24(14-26)28(16-31(36)37)23-5-6-23/h2-4,7-8,14-15,17-18,20-21,23,28H,5-6,9-13,16,19H2,1H3,(H,36,37). The maximum Gasteiger partial charge on any atom is 0.303 e. The Bertz CT molecular complexity index is 1290. The lowest BCUT2D eigenvalue weighted by Gasteiger charge is -2.34. The molecule has 0 radical (unpaired) electrons. The van der Waals surface area contributed by atoms with Gasteiger partial charge >= 0.3 is 5.97 Å². The smallest absolute Gasteiger partial charge is 0.303 e. The van der Waals surface area contributed by atoms with E-state index in [1.165, 1.54) is 6.33 Å². The number of ketones is 1. The van der Waals surface area contributed by atoms with E-state index in [4.69, 9.17) is 9.47 Å². The van der Waals surface area contributed by atoms with E-state index in [-0.39, 0.29) is 24.5 Å². The fraction of sp³-hybridized carbons (Fsp3) is 0.419. The van der Waals surface area contributed by atoms with Gasteiger partial charge in [0.05, 0.1) is 25.8 Å². The number of carboxylic acid groups (broad SMARTS) is 1.